The van der Waals surface area contributed by atoms with Crippen LogP contribution in [-0.2, 0) is 19.0 Å². The normalized spacial score (nSPS) is 10.5. The number of hydrogen-bond acceptors (Lipinski definition) is 4. The van der Waals surface area contributed by atoms with Crippen molar-refractivity contribution >= 4 is 27.5 Å². The molecule has 0 atom stereocenters. The third-order valence-electron chi connectivity index (χ3n) is 2.61. The van der Waals surface area contributed by atoms with Crippen LogP contribution in [0.4, 0.5) is 0 Å². The Morgan fingerprint density at radius 3 is 2.79 bits per heavy atom. The van der Waals surface area contributed by atoms with Crippen molar-refractivity contribution in [3.8, 4) is 11.5 Å². The molecule has 102 valence electrons. The van der Waals surface area contributed by atoms with Crippen LogP contribution in [0.1, 0.15) is 11.4 Å². The van der Waals surface area contributed by atoms with Gasteiger partial charge in [-0.2, -0.15) is 5.10 Å². The minimum atomic E-state index is 0.314. The van der Waals surface area contributed by atoms with Crippen molar-refractivity contribution in [1.29, 1.82) is 0 Å². The highest BCUT2D eigenvalue weighted by molar-refractivity contribution is 9.08. The van der Waals surface area contributed by atoms with Gasteiger partial charge in [-0.15, -0.1) is 0 Å². The molecule has 1 aromatic carbocycles. The molecule has 0 aliphatic heterocycles. The summed E-state index contributed by atoms with van der Waals surface area (Å²) in [6.07, 6.45) is 1.49. The molecule has 19 heavy (non-hydrogen) atoms. The highest BCUT2D eigenvalue weighted by atomic mass is 79.9. The number of nitrogens with zero attached hydrogens (tertiary/aromatic N) is 3. The van der Waals surface area contributed by atoms with Crippen LogP contribution < -0.4 is 9.47 Å². The Morgan fingerprint density at radius 1 is 1.42 bits per heavy atom. The van der Waals surface area contributed by atoms with E-state index in [0.29, 0.717) is 28.5 Å². The molecule has 2 aromatic rings. The predicted octanol–water partition coefficient (Wildman–Crippen LogP) is 2.95. The van der Waals surface area contributed by atoms with Gasteiger partial charge in [-0.25, -0.2) is 4.98 Å². The van der Waals surface area contributed by atoms with Gasteiger partial charge >= 0.3 is 0 Å². The van der Waals surface area contributed by atoms with Crippen molar-refractivity contribution in [1.82, 2.24) is 14.8 Å². The SMILES string of the molecule is COc1cc(Cl)cc(CBr)c1OCc1ncnn1C. The first-order valence-electron chi connectivity index (χ1n) is 5.53. The zero-order valence-corrected chi connectivity index (χ0v) is 12.9. The topological polar surface area (TPSA) is 49.2 Å². The number of ether oxygens (including phenoxy) is 2. The number of hydrogen-bond donors (Lipinski definition) is 0. The lowest BCUT2D eigenvalue weighted by Crippen LogP contribution is -2.06. The summed E-state index contributed by atoms with van der Waals surface area (Å²) in [6.45, 7) is 0.314. The van der Waals surface area contributed by atoms with E-state index in [1.807, 2.05) is 13.1 Å². The van der Waals surface area contributed by atoms with Crippen LogP contribution in [0.3, 0.4) is 0 Å². The average Bonchev–Trinajstić information content (AvgIpc) is 2.81. The quantitative estimate of drug-likeness (QED) is 0.781. The predicted molar refractivity (Wildman–Crippen MR) is 76.0 cm³/mol. The van der Waals surface area contributed by atoms with Gasteiger partial charge in [0.1, 0.15) is 12.9 Å². The lowest BCUT2D eigenvalue weighted by Gasteiger charge is -2.14. The van der Waals surface area contributed by atoms with Crippen molar-refractivity contribution in [3.05, 3.63) is 34.9 Å². The van der Waals surface area contributed by atoms with E-state index >= 15 is 0 Å². The molecule has 0 aliphatic rings. The van der Waals surface area contributed by atoms with Gasteiger partial charge in [-0.1, -0.05) is 27.5 Å². The Balaban J connectivity index is 2.26. The molecule has 0 unspecified atom stereocenters. The highest BCUT2D eigenvalue weighted by Crippen LogP contribution is 2.36. The Bertz CT molecular complexity index is 549. The third-order valence-corrected chi connectivity index (χ3v) is 3.43. The maximum Gasteiger partial charge on any atom is 0.165 e. The van der Waals surface area contributed by atoms with Gasteiger partial charge in [0.15, 0.2) is 17.3 Å². The smallest absolute Gasteiger partial charge is 0.165 e. The fourth-order valence-electron chi connectivity index (χ4n) is 1.62. The van der Waals surface area contributed by atoms with Crippen LogP contribution >= 0.6 is 27.5 Å². The molecule has 0 saturated carbocycles. The summed E-state index contributed by atoms with van der Waals surface area (Å²) in [7, 11) is 3.40. The second kappa shape index (κ2) is 6.25. The van der Waals surface area contributed by atoms with Crippen LogP contribution in [0.5, 0.6) is 11.5 Å². The van der Waals surface area contributed by atoms with Crippen LogP contribution in [0.2, 0.25) is 5.02 Å². The molecular weight excluding hydrogens is 334 g/mol. The molecule has 5 nitrogen and oxygen atoms in total. The van der Waals surface area contributed by atoms with E-state index in [1.165, 1.54) is 6.33 Å². The lowest BCUT2D eigenvalue weighted by molar-refractivity contribution is 0.269. The summed E-state index contributed by atoms with van der Waals surface area (Å²) >= 11 is 9.43. The number of halogens is 2. The van der Waals surface area contributed by atoms with Crippen molar-refractivity contribution in [3.63, 3.8) is 0 Å². The first-order valence-corrected chi connectivity index (χ1v) is 7.03. The molecule has 0 fully saturated rings. The molecule has 7 heteroatoms. The van der Waals surface area contributed by atoms with Crippen molar-refractivity contribution in [2.24, 2.45) is 7.05 Å². The monoisotopic (exact) mass is 345 g/mol. The molecule has 0 amide bonds. The summed E-state index contributed by atoms with van der Waals surface area (Å²) in [5.41, 5.74) is 0.923. The van der Waals surface area contributed by atoms with E-state index in [-0.39, 0.29) is 0 Å². The van der Waals surface area contributed by atoms with E-state index < -0.39 is 0 Å². The second-order valence-electron chi connectivity index (χ2n) is 3.82. The van der Waals surface area contributed by atoms with E-state index in [0.717, 1.165) is 11.4 Å². The largest absolute Gasteiger partial charge is 0.493 e. The molecule has 0 N–H and O–H groups in total. The van der Waals surface area contributed by atoms with E-state index in [2.05, 4.69) is 26.0 Å². The van der Waals surface area contributed by atoms with Gasteiger partial charge in [-0.3, -0.25) is 4.68 Å². The molecule has 0 bridgehead atoms. The van der Waals surface area contributed by atoms with Crippen molar-refractivity contribution in [2.45, 2.75) is 11.9 Å². The maximum atomic E-state index is 6.02. The standard InChI is InChI=1S/C12H13BrClN3O2/c1-17-11(15-7-16-17)6-19-12-8(5-13)3-9(14)4-10(12)18-2/h3-4,7H,5-6H2,1-2H3. The van der Waals surface area contributed by atoms with Gasteiger partial charge in [0, 0.05) is 29.0 Å². The molecular formula is C12H13BrClN3O2. The van der Waals surface area contributed by atoms with Crippen molar-refractivity contribution < 1.29 is 9.47 Å². The first kappa shape index (κ1) is 14.1. The van der Waals surface area contributed by atoms with E-state index in [4.69, 9.17) is 21.1 Å². The van der Waals surface area contributed by atoms with Gasteiger partial charge in [0.05, 0.1) is 7.11 Å². The minimum absolute atomic E-state index is 0.314. The number of rotatable bonds is 5. The molecule has 1 heterocycles. The molecule has 0 saturated heterocycles. The summed E-state index contributed by atoms with van der Waals surface area (Å²) < 4.78 is 12.8. The number of alkyl halides is 1. The van der Waals surface area contributed by atoms with Crippen LogP contribution in [0, 0.1) is 0 Å². The Morgan fingerprint density at radius 2 is 2.21 bits per heavy atom. The number of methoxy groups -OCH3 is 1. The van der Waals surface area contributed by atoms with E-state index in [9.17, 15) is 0 Å². The summed E-state index contributed by atoms with van der Waals surface area (Å²) in [6, 6.07) is 3.56. The fourth-order valence-corrected chi connectivity index (χ4v) is 2.27. The fraction of sp³-hybridized carbons (Fsp3) is 0.333. The van der Waals surface area contributed by atoms with Crippen LogP contribution in [-0.4, -0.2) is 21.9 Å². The third kappa shape index (κ3) is 3.19. The van der Waals surface area contributed by atoms with Gasteiger partial charge in [-0.05, 0) is 6.07 Å². The number of benzene rings is 1. The summed E-state index contributed by atoms with van der Waals surface area (Å²) in [5.74, 6) is 1.99. The van der Waals surface area contributed by atoms with Gasteiger partial charge in [0.2, 0.25) is 0 Å². The Labute approximate surface area is 124 Å². The molecule has 0 radical (unpaired) electrons. The second-order valence-corrected chi connectivity index (χ2v) is 4.82. The van der Waals surface area contributed by atoms with Crippen LogP contribution in [0.15, 0.2) is 18.5 Å². The maximum absolute atomic E-state index is 6.02. The molecule has 2 rings (SSSR count). The minimum Gasteiger partial charge on any atom is -0.493 e. The summed E-state index contributed by atoms with van der Waals surface area (Å²) in [4.78, 5) is 4.11. The average molecular weight is 347 g/mol. The Kier molecular flexibility index (Phi) is 4.66. The van der Waals surface area contributed by atoms with Crippen LogP contribution in [0.25, 0.3) is 0 Å². The number of aryl methyl sites for hydroxylation is 1. The van der Waals surface area contributed by atoms with Gasteiger partial charge in [0.25, 0.3) is 0 Å². The summed E-state index contributed by atoms with van der Waals surface area (Å²) in [5, 5.41) is 5.22. The zero-order valence-electron chi connectivity index (χ0n) is 10.6. The number of aromatic nitrogens is 3. The van der Waals surface area contributed by atoms with Crippen molar-refractivity contribution in [2.75, 3.05) is 7.11 Å². The molecule has 0 aliphatic carbocycles. The first-order chi connectivity index (χ1) is 9.15. The lowest BCUT2D eigenvalue weighted by atomic mass is 10.2. The molecule has 1 aromatic heterocycles. The van der Waals surface area contributed by atoms with Gasteiger partial charge < -0.3 is 9.47 Å². The zero-order chi connectivity index (χ0) is 13.8. The highest BCUT2D eigenvalue weighted by Gasteiger charge is 2.13. The molecule has 0 spiro atoms. The van der Waals surface area contributed by atoms with E-state index in [1.54, 1.807) is 17.9 Å². The Hall–Kier alpha value is -1.27.